The number of likely N-dealkylation sites (N-methyl/N-ethyl adjacent to an activating group) is 1. The normalized spacial score (nSPS) is 18.9. The molecule has 1 aromatic carbocycles. The topological polar surface area (TPSA) is 52.7 Å². The highest BCUT2D eigenvalue weighted by atomic mass is 19.1. The quantitative estimate of drug-likeness (QED) is 0.741. The van der Waals surface area contributed by atoms with E-state index in [2.05, 4.69) is 12.2 Å². The summed E-state index contributed by atoms with van der Waals surface area (Å²) in [5, 5.41) is 2.84. The Labute approximate surface area is 149 Å². The van der Waals surface area contributed by atoms with E-state index >= 15 is 0 Å². The Kier molecular flexibility index (Phi) is 6.93. The lowest BCUT2D eigenvalue weighted by Gasteiger charge is -2.25. The Morgan fingerprint density at radius 3 is 2.60 bits per heavy atom. The number of amides is 2. The van der Waals surface area contributed by atoms with Crippen LogP contribution in [0, 0.1) is 17.7 Å². The fraction of sp³-hybridized carbons (Fsp3) is 0.579. The summed E-state index contributed by atoms with van der Waals surface area (Å²) in [6.45, 7) is 4.07. The summed E-state index contributed by atoms with van der Waals surface area (Å²) >= 11 is 0. The van der Waals surface area contributed by atoms with Gasteiger partial charge in [-0.25, -0.2) is 4.39 Å². The van der Waals surface area contributed by atoms with Crippen LogP contribution >= 0.6 is 0 Å². The van der Waals surface area contributed by atoms with Crippen LogP contribution in [0.4, 0.5) is 4.39 Å². The first kappa shape index (κ1) is 19.4. The van der Waals surface area contributed by atoms with Gasteiger partial charge in [-0.15, -0.1) is 0 Å². The summed E-state index contributed by atoms with van der Waals surface area (Å²) in [7, 11) is 3.89. The van der Waals surface area contributed by atoms with Crippen molar-refractivity contribution in [2.45, 2.75) is 26.3 Å². The highest BCUT2D eigenvalue weighted by Gasteiger charge is 2.38. The van der Waals surface area contributed by atoms with Gasteiger partial charge in [0.05, 0.1) is 0 Å². The smallest absolute Gasteiger partial charge is 0.224 e. The second-order valence-electron chi connectivity index (χ2n) is 7.11. The van der Waals surface area contributed by atoms with Crippen molar-refractivity contribution in [2.75, 3.05) is 33.7 Å². The van der Waals surface area contributed by atoms with Crippen LogP contribution < -0.4 is 5.32 Å². The van der Waals surface area contributed by atoms with Gasteiger partial charge in [0.1, 0.15) is 5.82 Å². The number of nitrogens with one attached hydrogen (secondary N) is 1. The van der Waals surface area contributed by atoms with E-state index in [-0.39, 0.29) is 30.0 Å². The molecule has 1 N–H and O–H groups in total. The van der Waals surface area contributed by atoms with Crippen molar-refractivity contribution in [1.82, 2.24) is 15.1 Å². The predicted octanol–water partition coefficient (Wildman–Crippen LogP) is 1.88. The third-order valence-corrected chi connectivity index (χ3v) is 4.52. The molecule has 0 spiro atoms. The van der Waals surface area contributed by atoms with Gasteiger partial charge in [0.15, 0.2) is 0 Å². The lowest BCUT2D eigenvalue weighted by Crippen LogP contribution is -2.38. The number of nitrogens with zero attached hydrogens (tertiary/aromatic N) is 2. The minimum Gasteiger partial charge on any atom is -0.355 e. The van der Waals surface area contributed by atoms with Gasteiger partial charge in [-0.1, -0.05) is 19.1 Å². The fourth-order valence-corrected chi connectivity index (χ4v) is 2.74. The second-order valence-corrected chi connectivity index (χ2v) is 7.11. The molecule has 0 aromatic heterocycles. The van der Waals surface area contributed by atoms with Gasteiger partial charge >= 0.3 is 0 Å². The van der Waals surface area contributed by atoms with Crippen LogP contribution in [-0.4, -0.2) is 55.3 Å². The van der Waals surface area contributed by atoms with Crippen LogP contribution in [0.2, 0.25) is 0 Å². The van der Waals surface area contributed by atoms with Gasteiger partial charge in [-0.3, -0.25) is 9.59 Å². The fourth-order valence-electron chi connectivity index (χ4n) is 2.74. The van der Waals surface area contributed by atoms with Crippen LogP contribution in [0.15, 0.2) is 24.3 Å². The predicted molar refractivity (Wildman–Crippen MR) is 95.3 cm³/mol. The number of hydrogen-bond acceptors (Lipinski definition) is 3. The zero-order valence-electron chi connectivity index (χ0n) is 15.3. The zero-order valence-corrected chi connectivity index (χ0v) is 15.3. The molecule has 6 heteroatoms. The molecule has 2 rings (SSSR count). The monoisotopic (exact) mass is 349 g/mol. The molecule has 25 heavy (non-hydrogen) atoms. The Hall–Kier alpha value is -1.95. The number of halogens is 1. The third kappa shape index (κ3) is 6.46. The first-order valence-electron chi connectivity index (χ1n) is 8.81. The number of benzene rings is 1. The van der Waals surface area contributed by atoms with Gasteiger partial charge in [0, 0.05) is 38.5 Å². The van der Waals surface area contributed by atoms with Crippen LogP contribution in [0.3, 0.4) is 0 Å². The van der Waals surface area contributed by atoms with Crippen molar-refractivity contribution in [2.24, 2.45) is 11.8 Å². The maximum Gasteiger partial charge on any atom is 0.224 e. The Bertz CT molecular complexity index is 606. The van der Waals surface area contributed by atoms with Crippen molar-refractivity contribution in [3.05, 3.63) is 35.6 Å². The highest BCUT2D eigenvalue weighted by Crippen LogP contribution is 2.37. The van der Waals surface area contributed by atoms with E-state index in [0.29, 0.717) is 25.6 Å². The average Bonchev–Trinajstić information content (AvgIpc) is 3.28. The van der Waals surface area contributed by atoms with E-state index in [0.717, 1.165) is 18.5 Å². The summed E-state index contributed by atoms with van der Waals surface area (Å²) in [6.07, 6.45) is 1.20. The number of carbonyl (C=O) groups is 2. The molecule has 1 aliphatic carbocycles. The van der Waals surface area contributed by atoms with E-state index in [4.69, 9.17) is 0 Å². The standard InChI is InChI=1S/C19H28FN3O2/c1-14-11-17(14)19(25)21-8-7-18(24)23(10-9-22(2)3)13-15-5-4-6-16(20)12-15/h4-6,12,14,17H,7-11,13H2,1-3H3,(H,21,25)/t14-,17+/m0/s1. The Balaban J connectivity index is 1.86. The van der Waals surface area contributed by atoms with Crippen LogP contribution in [0.25, 0.3) is 0 Å². The average molecular weight is 349 g/mol. The minimum absolute atomic E-state index is 0.0322. The zero-order chi connectivity index (χ0) is 18.4. The van der Waals surface area contributed by atoms with Crippen LogP contribution in [-0.2, 0) is 16.1 Å². The van der Waals surface area contributed by atoms with Gasteiger partial charge in [0.2, 0.25) is 11.8 Å². The van der Waals surface area contributed by atoms with Crippen LogP contribution in [0.1, 0.15) is 25.3 Å². The molecule has 138 valence electrons. The Morgan fingerprint density at radius 2 is 2.00 bits per heavy atom. The first-order chi connectivity index (χ1) is 11.9. The van der Waals surface area contributed by atoms with Gasteiger partial charge < -0.3 is 15.1 Å². The summed E-state index contributed by atoms with van der Waals surface area (Å²) < 4.78 is 13.4. The van der Waals surface area contributed by atoms with Gasteiger partial charge in [-0.05, 0) is 44.1 Å². The molecule has 1 saturated carbocycles. The van der Waals surface area contributed by atoms with E-state index < -0.39 is 0 Å². The summed E-state index contributed by atoms with van der Waals surface area (Å²) in [5.74, 6) is 0.288. The summed E-state index contributed by atoms with van der Waals surface area (Å²) in [5.41, 5.74) is 0.767. The molecule has 1 aliphatic rings. The molecule has 0 heterocycles. The molecule has 0 aliphatic heterocycles. The number of carbonyl (C=O) groups excluding carboxylic acids is 2. The lowest BCUT2D eigenvalue weighted by atomic mass is 10.2. The molecule has 2 amide bonds. The van der Waals surface area contributed by atoms with Crippen LogP contribution in [0.5, 0.6) is 0 Å². The molecule has 0 radical (unpaired) electrons. The van der Waals surface area contributed by atoms with Crippen molar-refractivity contribution in [1.29, 1.82) is 0 Å². The molecule has 5 nitrogen and oxygen atoms in total. The number of rotatable bonds is 9. The van der Waals surface area contributed by atoms with Crippen molar-refractivity contribution in [3.8, 4) is 0 Å². The first-order valence-corrected chi connectivity index (χ1v) is 8.81. The van der Waals surface area contributed by atoms with E-state index in [1.54, 1.807) is 11.0 Å². The SMILES string of the molecule is C[C@H]1C[C@H]1C(=O)NCCC(=O)N(CCN(C)C)Cc1cccc(F)c1. The summed E-state index contributed by atoms with van der Waals surface area (Å²) in [4.78, 5) is 28.1. The maximum atomic E-state index is 13.4. The Morgan fingerprint density at radius 1 is 1.28 bits per heavy atom. The van der Waals surface area contributed by atoms with E-state index in [1.807, 2.05) is 25.1 Å². The highest BCUT2D eigenvalue weighted by molar-refractivity contribution is 5.82. The number of hydrogen-bond donors (Lipinski definition) is 1. The molecule has 0 saturated heterocycles. The van der Waals surface area contributed by atoms with Crippen molar-refractivity contribution in [3.63, 3.8) is 0 Å². The molecular formula is C19H28FN3O2. The summed E-state index contributed by atoms with van der Waals surface area (Å²) in [6, 6.07) is 6.31. The maximum absolute atomic E-state index is 13.4. The molecular weight excluding hydrogens is 321 g/mol. The molecule has 2 atom stereocenters. The lowest BCUT2D eigenvalue weighted by molar-refractivity contribution is -0.132. The van der Waals surface area contributed by atoms with Gasteiger partial charge in [-0.2, -0.15) is 0 Å². The third-order valence-electron chi connectivity index (χ3n) is 4.52. The molecule has 1 fully saturated rings. The minimum atomic E-state index is -0.302. The van der Waals surface area contributed by atoms with Gasteiger partial charge in [0.25, 0.3) is 0 Å². The van der Waals surface area contributed by atoms with E-state index in [1.165, 1.54) is 12.1 Å². The molecule has 0 unspecified atom stereocenters. The molecule has 1 aromatic rings. The largest absolute Gasteiger partial charge is 0.355 e. The van der Waals surface area contributed by atoms with Crippen molar-refractivity contribution < 1.29 is 14.0 Å². The van der Waals surface area contributed by atoms with Crippen molar-refractivity contribution >= 4 is 11.8 Å². The second kappa shape index (κ2) is 8.94. The van der Waals surface area contributed by atoms with E-state index in [9.17, 15) is 14.0 Å². The molecule has 0 bridgehead atoms.